The van der Waals surface area contributed by atoms with Crippen LogP contribution >= 0.6 is 0 Å². The molecule has 1 amide bonds. The minimum absolute atomic E-state index is 0.152. The van der Waals surface area contributed by atoms with Crippen LogP contribution in [-0.4, -0.2) is 38.6 Å². The molecule has 8 heteroatoms. The fourth-order valence-corrected chi connectivity index (χ4v) is 1.84. The maximum atomic E-state index is 12.2. The summed E-state index contributed by atoms with van der Waals surface area (Å²) in [6.07, 6.45) is 1.48. The van der Waals surface area contributed by atoms with E-state index in [-0.39, 0.29) is 19.0 Å². The molecule has 0 radical (unpaired) electrons. The van der Waals surface area contributed by atoms with Crippen molar-refractivity contribution in [1.82, 2.24) is 20.3 Å². The van der Waals surface area contributed by atoms with Gasteiger partial charge in [0.1, 0.15) is 18.0 Å². The lowest BCUT2D eigenvalue weighted by Crippen LogP contribution is -2.23. The zero-order valence-corrected chi connectivity index (χ0v) is 12.0. The lowest BCUT2D eigenvalue weighted by molar-refractivity contribution is -0.137. The highest BCUT2D eigenvalue weighted by molar-refractivity contribution is 5.96. The number of hydrogen-bond acceptors (Lipinski definition) is 5. The number of carbonyl (C=O) groups is 2. The molecular weight excluding hydrogens is 288 g/mol. The van der Waals surface area contributed by atoms with Crippen molar-refractivity contribution >= 4 is 11.9 Å². The summed E-state index contributed by atoms with van der Waals surface area (Å²) in [5.41, 5.74) is 0.908. The highest BCUT2D eigenvalue weighted by Crippen LogP contribution is 2.17. The van der Waals surface area contributed by atoms with E-state index in [2.05, 4.69) is 15.6 Å². The van der Waals surface area contributed by atoms with Gasteiger partial charge in [-0.1, -0.05) is 17.3 Å². The Kier molecular flexibility index (Phi) is 5.07. The molecule has 0 saturated heterocycles. The zero-order valence-electron chi connectivity index (χ0n) is 12.0. The van der Waals surface area contributed by atoms with Gasteiger partial charge in [-0.15, -0.1) is 5.10 Å². The summed E-state index contributed by atoms with van der Waals surface area (Å²) in [7, 11) is 0. The number of rotatable bonds is 7. The fourth-order valence-electron chi connectivity index (χ4n) is 1.84. The summed E-state index contributed by atoms with van der Waals surface area (Å²) < 4.78 is 6.59. The van der Waals surface area contributed by atoms with E-state index < -0.39 is 5.97 Å². The molecule has 0 unspecified atom stereocenters. The molecule has 8 nitrogen and oxygen atoms in total. The van der Waals surface area contributed by atoms with E-state index in [9.17, 15) is 9.59 Å². The summed E-state index contributed by atoms with van der Waals surface area (Å²) >= 11 is 0. The Morgan fingerprint density at radius 3 is 2.86 bits per heavy atom. The molecule has 1 aromatic carbocycles. The van der Waals surface area contributed by atoms with Gasteiger partial charge in [0.2, 0.25) is 0 Å². The predicted molar refractivity (Wildman–Crippen MR) is 76.4 cm³/mol. The van der Waals surface area contributed by atoms with Crippen LogP contribution in [0.5, 0.6) is 5.75 Å². The Bertz CT molecular complexity index is 668. The minimum Gasteiger partial charge on any atom is -0.493 e. The number of amides is 1. The number of benzene rings is 1. The molecule has 0 saturated carbocycles. The van der Waals surface area contributed by atoms with Gasteiger partial charge >= 0.3 is 5.97 Å². The second-order valence-corrected chi connectivity index (χ2v) is 4.41. The molecule has 1 aromatic heterocycles. The number of nitrogens with zero attached hydrogens (tertiary/aromatic N) is 3. The van der Waals surface area contributed by atoms with Crippen LogP contribution < -0.4 is 10.1 Å². The second kappa shape index (κ2) is 7.21. The van der Waals surface area contributed by atoms with Crippen molar-refractivity contribution in [2.75, 3.05) is 6.61 Å². The first-order valence-electron chi connectivity index (χ1n) is 6.71. The van der Waals surface area contributed by atoms with Gasteiger partial charge in [-0.3, -0.25) is 9.59 Å². The maximum absolute atomic E-state index is 12.2. The average Bonchev–Trinajstić information content (AvgIpc) is 2.92. The monoisotopic (exact) mass is 304 g/mol. The van der Waals surface area contributed by atoms with Crippen molar-refractivity contribution in [3.63, 3.8) is 0 Å². The Hall–Kier alpha value is -2.90. The summed E-state index contributed by atoms with van der Waals surface area (Å²) in [6, 6.07) is 6.93. The highest BCUT2D eigenvalue weighted by atomic mass is 16.5. The topological polar surface area (TPSA) is 106 Å². The first-order valence-corrected chi connectivity index (χ1v) is 6.71. The van der Waals surface area contributed by atoms with Gasteiger partial charge in [0.25, 0.3) is 5.91 Å². The number of ether oxygens (including phenoxy) is 1. The number of hydrogen-bond donors (Lipinski definition) is 2. The van der Waals surface area contributed by atoms with Crippen molar-refractivity contribution in [2.24, 2.45) is 0 Å². The van der Waals surface area contributed by atoms with Crippen LogP contribution in [0.15, 0.2) is 30.5 Å². The van der Waals surface area contributed by atoms with Crippen LogP contribution in [-0.2, 0) is 17.9 Å². The van der Waals surface area contributed by atoms with Gasteiger partial charge in [0.15, 0.2) is 0 Å². The summed E-state index contributed by atoms with van der Waals surface area (Å²) in [4.78, 5) is 22.7. The van der Waals surface area contributed by atoms with E-state index in [1.165, 1.54) is 10.9 Å². The third kappa shape index (κ3) is 4.05. The van der Waals surface area contributed by atoms with Crippen LogP contribution in [0.25, 0.3) is 0 Å². The third-order valence-electron chi connectivity index (χ3n) is 2.74. The normalized spacial score (nSPS) is 10.2. The number of carbonyl (C=O) groups excluding carboxylic acids is 1. The molecule has 116 valence electrons. The summed E-state index contributed by atoms with van der Waals surface area (Å²) in [5, 5.41) is 18.8. The standard InChI is InChI=1S/C14H16N4O4/c1-2-22-12-6-4-3-5-11(12)14(21)15-7-10-8-18(17-16-10)9-13(19)20/h3-6,8H,2,7,9H2,1H3,(H,15,21)(H,19,20). The smallest absolute Gasteiger partial charge is 0.325 e. The molecule has 22 heavy (non-hydrogen) atoms. The molecule has 0 aliphatic rings. The van der Waals surface area contributed by atoms with E-state index in [0.717, 1.165) is 0 Å². The van der Waals surface area contributed by atoms with Crippen LogP contribution in [0.2, 0.25) is 0 Å². The number of aromatic nitrogens is 3. The van der Waals surface area contributed by atoms with E-state index in [1.807, 2.05) is 6.92 Å². The number of para-hydroxylation sites is 1. The van der Waals surface area contributed by atoms with Gasteiger partial charge in [-0.25, -0.2) is 4.68 Å². The number of carboxylic acids is 1. The van der Waals surface area contributed by atoms with Crippen molar-refractivity contribution in [2.45, 2.75) is 20.0 Å². The van der Waals surface area contributed by atoms with Crippen molar-refractivity contribution in [3.05, 3.63) is 41.7 Å². The molecule has 2 rings (SSSR count). The van der Waals surface area contributed by atoms with E-state index >= 15 is 0 Å². The number of carboxylic acid groups (broad SMARTS) is 1. The molecule has 0 aliphatic carbocycles. The first kappa shape index (κ1) is 15.5. The molecule has 2 N–H and O–H groups in total. The summed E-state index contributed by atoms with van der Waals surface area (Å²) in [6.45, 7) is 2.19. The zero-order chi connectivity index (χ0) is 15.9. The van der Waals surface area contributed by atoms with Gasteiger partial charge in [-0.2, -0.15) is 0 Å². The maximum Gasteiger partial charge on any atom is 0.325 e. The minimum atomic E-state index is -1.01. The van der Waals surface area contributed by atoms with Crippen LogP contribution in [0.4, 0.5) is 0 Å². The van der Waals surface area contributed by atoms with E-state index in [4.69, 9.17) is 9.84 Å². The van der Waals surface area contributed by atoms with Gasteiger partial charge in [0.05, 0.1) is 24.9 Å². The van der Waals surface area contributed by atoms with Crippen LogP contribution in [0.3, 0.4) is 0 Å². The van der Waals surface area contributed by atoms with Gasteiger partial charge in [-0.05, 0) is 19.1 Å². The first-order chi connectivity index (χ1) is 10.6. The number of aliphatic carboxylic acids is 1. The molecule has 0 spiro atoms. The molecule has 0 bridgehead atoms. The predicted octanol–water partition coefficient (Wildman–Crippen LogP) is 0.691. The Labute approximate surface area is 126 Å². The molecule has 1 heterocycles. The van der Waals surface area contributed by atoms with E-state index in [1.54, 1.807) is 24.3 Å². The molecule has 0 aliphatic heterocycles. The lowest BCUT2D eigenvalue weighted by Gasteiger charge is -2.09. The Morgan fingerprint density at radius 1 is 1.36 bits per heavy atom. The van der Waals surface area contributed by atoms with Gasteiger partial charge in [0, 0.05) is 0 Å². The van der Waals surface area contributed by atoms with Crippen molar-refractivity contribution in [1.29, 1.82) is 0 Å². The summed E-state index contributed by atoms with van der Waals surface area (Å²) in [5.74, 6) is -0.792. The second-order valence-electron chi connectivity index (χ2n) is 4.41. The SMILES string of the molecule is CCOc1ccccc1C(=O)NCc1cn(CC(=O)O)nn1. The average molecular weight is 304 g/mol. The van der Waals surface area contributed by atoms with Gasteiger partial charge < -0.3 is 15.2 Å². The third-order valence-corrected chi connectivity index (χ3v) is 2.74. The van der Waals surface area contributed by atoms with Crippen molar-refractivity contribution in [3.8, 4) is 5.75 Å². The molecule has 0 atom stereocenters. The van der Waals surface area contributed by atoms with E-state index in [0.29, 0.717) is 23.6 Å². The lowest BCUT2D eigenvalue weighted by atomic mass is 10.2. The number of nitrogens with one attached hydrogen (secondary N) is 1. The Balaban J connectivity index is 1.98. The quantitative estimate of drug-likeness (QED) is 0.779. The van der Waals surface area contributed by atoms with Crippen LogP contribution in [0, 0.1) is 0 Å². The van der Waals surface area contributed by atoms with Crippen LogP contribution in [0.1, 0.15) is 23.0 Å². The Morgan fingerprint density at radius 2 is 2.14 bits per heavy atom. The fraction of sp³-hybridized carbons (Fsp3) is 0.286. The van der Waals surface area contributed by atoms with Crippen molar-refractivity contribution < 1.29 is 19.4 Å². The molecule has 2 aromatic rings. The highest BCUT2D eigenvalue weighted by Gasteiger charge is 2.12. The molecular formula is C14H16N4O4. The largest absolute Gasteiger partial charge is 0.493 e. The molecule has 0 fully saturated rings.